The first kappa shape index (κ1) is 10.4. The van der Waals surface area contributed by atoms with Crippen molar-refractivity contribution in [3.63, 3.8) is 0 Å². The lowest BCUT2D eigenvalue weighted by molar-refractivity contribution is -0.199. The zero-order chi connectivity index (χ0) is 10.8. The van der Waals surface area contributed by atoms with Gasteiger partial charge in [0.25, 0.3) is 0 Å². The number of hydrogen-bond donors (Lipinski definition) is 0. The fourth-order valence-corrected chi connectivity index (χ4v) is 4.15. The minimum absolute atomic E-state index is 0.0855. The first-order chi connectivity index (χ1) is 6.98. The van der Waals surface area contributed by atoms with Gasteiger partial charge in [-0.1, -0.05) is 13.8 Å². The zero-order valence-corrected chi connectivity index (χ0v) is 10.4. The number of rotatable bonds is 1. The van der Waals surface area contributed by atoms with E-state index < -0.39 is 0 Å². The van der Waals surface area contributed by atoms with Crippen molar-refractivity contribution >= 4 is 18.7 Å². The molecule has 1 unspecified atom stereocenters. The van der Waals surface area contributed by atoms with Crippen LogP contribution in [-0.4, -0.2) is 24.6 Å². The van der Waals surface area contributed by atoms with Crippen LogP contribution in [-0.2, 0) is 9.31 Å². The molecule has 4 fully saturated rings. The van der Waals surface area contributed by atoms with Crippen molar-refractivity contribution in [3.8, 4) is 0 Å². The summed E-state index contributed by atoms with van der Waals surface area (Å²) in [6, 6.07) is 0. The Labute approximate surface area is 96.8 Å². The number of halogens is 1. The summed E-state index contributed by atoms with van der Waals surface area (Å²) in [7, 11) is -0.184. The smallest absolute Gasteiger partial charge is 0.405 e. The van der Waals surface area contributed by atoms with Crippen molar-refractivity contribution in [2.24, 2.45) is 17.3 Å². The summed E-state index contributed by atoms with van der Waals surface area (Å²) in [5.41, 5.74) is 0.341. The summed E-state index contributed by atoms with van der Waals surface area (Å²) >= 11 is 5.82. The number of alkyl halides is 1. The summed E-state index contributed by atoms with van der Waals surface area (Å²) in [6.45, 7) is 6.95. The maximum absolute atomic E-state index is 6.03. The molecular weight excluding hydrogens is 210 g/mol. The lowest BCUT2D eigenvalue weighted by Crippen LogP contribution is -2.65. The van der Waals surface area contributed by atoms with Crippen LogP contribution in [0.2, 0.25) is 0 Å². The molecule has 0 spiro atoms. The minimum atomic E-state index is -0.184. The molecule has 1 aliphatic heterocycles. The van der Waals surface area contributed by atoms with E-state index >= 15 is 0 Å². The molecule has 2 nitrogen and oxygen atoms in total. The summed E-state index contributed by atoms with van der Waals surface area (Å²) in [4.78, 5) is 0. The molecule has 2 bridgehead atoms. The van der Waals surface area contributed by atoms with Crippen LogP contribution in [0.3, 0.4) is 0 Å². The molecule has 0 aromatic heterocycles. The zero-order valence-electron chi connectivity index (χ0n) is 9.63. The minimum Gasteiger partial charge on any atom is -0.405 e. The second-order valence-electron chi connectivity index (χ2n) is 6.05. The summed E-state index contributed by atoms with van der Waals surface area (Å²) in [5.74, 6) is 1.91. The van der Waals surface area contributed by atoms with Gasteiger partial charge < -0.3 is 9.31 Å². The Kier molecular flexibility index (Phi) is 2.04. The maximum atomic E-state index is 6.03. The Hall–Kier alpha value is 0.275. The predicted octanol–water partition coefficient (Wildman–Crippen LogP) is 2.49. The fraction of sp³-hybridized carbons (Fsp3) is 1.00. The van der Waals surface area contributed by atoms with Gasteiger partial charge in [-0.15, -0.1) is 11.6 Å². The third-order valence-electron chi connectivity index (χ3n) is 5.13. The highest BCUT2D eigenvalue weighted by Gasteiger charge is 2.67. The lowest BCUT2D eigenvalue weighted by atomic mass is 9.43. The van der Waals surface area contributed by atoms with E-state index in [1.54, 1.807) is 0 Å². The van der Waals surface area contributed by atoms with Crippen LogP contribution in [0.1, 0.15) is 33.6 Å². The molecule has 84 valence electrons. The van der Waals surface area contributed by atoms with Crippen LogP contribution in [0.15, 0.2) is 0 Å². The van der Waals surface area contributed by atoms with E-state index in [2.05, 4.69) is 20.8 Å². The SMILES string of the molecule is CC1(C)[C@@H]2CC3OB(CCl)O[C@@]3(C)[C@H]1C2. The Morgan fingerprint density at radius 2 is 2.07 bits per heavy atom. The van der Waals surface area contributed by atoms with Crippen molar-refractivity contribution in [3.05, 3.63) is 0 Å². The average Bonchev–Trinajstić information content (AvgIpc) is 2.53. The van der Waals surface area contributed by atoms with Gasteiger partial charge in [0.1, 0.15) is 0 Å². The number of hydrogen-bond acceptors (Lipinski definition) is 2. The second-order valence-corrected chi connectivity index (χ2v) is 6.36. The van der Waals surface area contributed by atoms with Crippen LogP contribution in [0.4, 0.5) is 0 Å². The largest absolute Gasteiger partial charge is 0.473 e. The van der Waals surface area contributed by atoms with E-state index in [4.69, 9.17) is 20.9 Å². The molecule has 15 heavy (non-hydrogen) atoms. The van der Waals surface area contributed by atoms with E-state index in [1.165, 1.54) is 6.42 Å². The Morgan fingerprint density at radius 1 is 1.33 bits per heavy atom. The van der Waals surface area contributed by atoms with Gasteiger partial charge in [-0.3, -0.25) is 0 Å². The lowest BCUT2D eigenvalue weighted by Gasteiger charge is -2.64. The van der Waals surface area contributed by atoms with Crippen molar-refractivity contribution < 1.29 is 9.31 Å². The van der Waals surface area contributed by atoms with Crippen LogP contribution in [0.25, 0.3) is 0 Å². The quantitative estimate of drug-likeness (QED) is 0.507. The molecule has 0 amide bonds. The molecule has 0 aromatic carbocycles. The fourth-order valence-electron chi connectivity index (χ4n) is 4.02. The van der Waals surface area contributed by atoms with E-state index in [1.807, 2.05) is 0 Å². The van der Waals surface area contributed by atoms with Crippen LogP contribution < -0.4 is 0 Å². The molecule has 4 aliphatic rings. The first-order valence-electron chi connectivity index (χ1n) is 5.87. The molecule has 4 atom stereocenters. The Balaban J connectivity index is 1.89. The van der Waals surface area contributed by atoms with Crippen LogP contribution in [0.5, 0.6) is 0 Å². The molecule has 3 aliphatic carbocycles. The van der Waals surface area contributed by atoms with Crippen molar-refractivity contribution in [1.29, 1.82) is 0 Å². The molecule has 0 radical (unpaired) electrons. The molecule has 0 aromatic rings. The highest BCUT2D eigenvalue weighted by atomic mass is 35.5. The van der Waals surface area contributed by atoms with Gasteiger partial charge >= 0.3 is 7.12 Å². The monoisotopic (exact) mass is 228 g/mol. The maximum Gasteiger partial charge on any atom is 0.473 e. The second kappa shape index (κ2) is 2.94. The van der Waals surface area contributed by atoms with Crippen LogP contribution >= 0.6 is 11.6 Å². The van der Waals surface area contributed by atoms with Gasteiger partial charge in [0.15, 0.2) is 0 Å². The highest BCUT2D eigenvalue weighted by Crippen LogP contribution is 2.65. The van der Waals surface area contributed by atoms with E-state index in [0.29, 0.717) is 17.1 Å². The van der Waals surface area contributed by atoms with Gasteiger partial charge in [-0.2, -0.15) is 0 Å². The Morgan fingerprint density at radius 3 is 2.67 bits per heavy atom. The van der Waals surface area contributed by atoms with E-state index in [-0.39, 0.29) is 18.8 Å². The normalized spacial score (nSPS) is 51.2. The van der Waals surface area contributed by atoms with Crippen LogP contribution in [0, 0.1) is 17.3 Å². The molecule has 1 saturated heterocycles. The topological polar surface area (TPSA) is 18.5 Å². The summed E-state index contributed by atoms with van der Waals surface area (Å²) in [6.07, 6.45) is 2.73. The Bertz CT molecular complexity index is 296. The summed E-state index contributed by atoms with van der Waals surface area (Å²) < 4.78 is 11.9. The molecule has 4 rings (SSSR count). The van der Waals surface area contributed by atoms with Gasteiger partial charge in [0.2, 0.25) is 0 Å². The van der Waals surface area contributed by atoms with Crippen molar-refractivity contribution in [2.45, 2.75) is 45.3 Å². The van der Waals surface area contributed by atoms with Gasteiger partial charge in [-0.25, -0.2) is 0 Å². The molecule has 3 saturated carbocycles. The molecule has 4 heteroatoms. The van der Waals surface area contributed by atoms with Crippen molar-refractivity contribution in [1.82, 2.24) is 0 Å². The summed E-state index contributed by atoms with van der Waals surface area (Å²) in [5, 5.41) is 0. The third kappa shape index (κ3) is 1.15. The van der Waals surface area contributed by atoms with Gasteiger partial charge in [0.05, 0.1) is 17.5 Å². The first-order valence-corrected chi connectivity index (χ1v) is 6.41. The van der Waals surface area contributed by atoms with E-state index in [9.17, 15) is 0 Å². The van der Waals surface area contributed by atoms with Gasteiger partial charge in [0, 0.05) is 0 Å². The molecular formula is C11H18BClO2. The highest BCUT2D eigenvalue weighted by molar-refractivity contribution is 6.57. The van der Waals surface area contributed by atoms with E-state index in [0.717, 1.165) is 12.3 Å². The molecule has 1 heterocycles. The van der Waals surface area contributed by atoms with Gasteiger partial charge in [-0.05, 0) is 37.0 Å². The molecule has 0 N–H and O–H groups in total. The average molecular weight is 229 g/mol. The predicted molar refractivity (Wildman–Crippen MR) is 60.8 cm³/mol. The van der Waals surface area contributed by atoms with Crippen molar-refractivity contribution in [2.75, 3.05) is 5.78 Å². The third-order valence-corrected chi connectivity index (χ3v) is 5.38. The standard InChI is InChI=1S/C11H18BClO2/c1-10(2)7-4-8(10)11(3)9(5-7)14-12(6-13)15-11/h7-9H,4-6H2,1-3H3/t7-,8-,9?,11-/m0/s1.